The number of ether oxygens (including phenoxy) is 1. The first kappa shape index (κ1) is 13.1. The van der Waals surface area contributed by atoms with Gasteiger partial charge in [0.2, 0.25) is 5.91 Å². The van der Waals surface area contributed by atoms with E-state index >= 15 is 0 Å². The Morgan fingerprint density at radius 3 is 2.83 bits per heavy atom. The summed E-state index contributed by atoms with van der Waals surface area (Å²) in [6, 6.07) is 2.55. The first-order chi connectivity index (χ1) is 8.54. The highest BCUT2D eigenvalue weighted by atomic mass is 79.9. The SMILES string of the molecule is CCN1C(=O)COC(C(=O)O)C1c1ccc(Br)o1. The predicted octanol–water partition coefficient (Wildman–Crippen LogP) is 1.42. The van der Waals surface area contributed by atoms with Crippen LogP contribution in [0.5, 0.6) is 0 Å². The number of carbonyl (C=O) groups is 2. The summed E-state index contributed by atoms with van der Waals surface area (Å²) in [5.41, 5.74) is 0. The van der Waals surface area contributed by atoms with Crippen molar-refractivity contribution in [2.75, 3.05) is 13.2 Å². The van der Waals surface area contributed by atoms with Crippen molar-refractivity contribution in [3.63, 3.8) is 0 Å². The molecule has 1 aromatic rings. The number of carboxylic acid groups (broad SMARTS) is 1. The van der Waals surface area contributed by atoms with Crippen LogP contribution in [-0.4, -0.2) is 41.1 Å². The van der Waals surface area contributed by atoms with Gasteiger partial charge in [0.05, 0.1) is 0 Å². The Morgan fingerprint density at radius 1 is 1.61 bits per heavy atom. The largest absolute Gasteiger partial charge is 0.479 e. The fourth-order valence-electron chi connectivity index (χ4n) is 2.02. The third-order valence-corrected chi connectivity index (χ3v) is 3.23. The minimum Gasteiger partial charge on any atom is -0.479 e. The van der Waals surface area contributed by atoms with Crippen LogP contribution in [0.1, 0.15) is 18.7 Å². The molecule has 1 aliphatic rings. The lowest BCUT2D eigenvalue weighted by atomic mass is 10.0. The summed E-state index contributed by atoms with van der Waals surface area (Å²) in [5, 5.41) is 9.16. The van der Waals surface area contributed by atoms with E-state index in [1.54, 1.807) is 19.1 Å². The van der Waals surface area contributed by atoms with Crippen LogP contribution < -0.4 is 0 Å². The number of carbonyl (C=O) groups excluding carboxylic acids is 1. The monoisotopic (exact) mass is 317 g/mol. The topological polar surface area (TPSA) is 80.0 Å². The van der Waals surface area contributed by atoms with Crippen LogP contribution in [-0.2, 0) is 14.3 Å². The highest BCUT2D eigenvalue weighted by molar-refractivity contribution is 9.10. The van der Waals surface area contributed by atoms with Crippen molar-refractivity contribution >= 4 is 27.8 Å². The number of hydrogen-bond donors (Lipinski definition) is 1. The number of rotatable bonds is 3. The van der Waals surface area contributed by atoms with Gasteiger partial charge in [-0.1, -0.05) is 0 Å². The number of hydrogen-bond acceptors (Lipinski definition) is 4. The van der Waals surface area contributed by atoms with E-state index in [1.807, 2.05) is 0 Å². The average Bonchev–Trinajstić information content (AvgIpc) is 2.74. The maximum Gasteiger partial charge on any atom is 0.335 e. The second kappa shape index (κ2) is 5.11. The van der Waals surface area contributed by atoms with Gasteiger partial charge in [-0.05, 0) is 35.0 Å². The van der Waals surface area contributed by atoms with Crippen LogP contribution in [0.3, 0.4) is 0 Å². The molecule has 2 unspecified atom stereocenters. The maximum atomic E-state index is 11.7. The van der Waals surface area contributed by atoms with Crippen molar-refractivity contribution in [1.29, 1.82) is 0 Å². The highest BCUT2D eigenvalue weighted by Crippen LogP contribution is 2.32. The predicted molar refractivity (Wildman–Crippen MR) is 63.9 cm³/mol. The lowest BCUT2D eigenvalue weighted by molar-refractivity contribution is -0.174. The second-order valence-corrected chi connectivity index (χ2v) is 4.62. The van der Waals surface area contributed by atoms with Gasteiger partial charge in [0.1, 0.15) is 18.4 Å². The Morgan fingerprint density at radius 2 is 2.33 bits per heavy atom. The van der Waals surface area contributed by atoms with Gasteiger partial charge in [-0.15, -0.1) is 0 Å². The number of morpholine rings is 1. The second-order valence-electron chi connectivity index (χ2n) is 3.84. The highest BCUT2D eigenvalue weighted by Gasteiger charge is 2.42. The van der Waals surface area contributed by atoms with Gasteiger partial charge in [0.25, 0.3) is 0 Å². The molecule has 1 aromatic heterocycles. The number of aliphatic carboxylic acids is 1. The fraction of sp³-hybridized carbons (Fsp3) is 0.455. The van der Waals surface area contributed by atoms with Crippen molar-refractivity contribution < 1.29 is 23.8 Å². The third kappa shape index (κ3) is 2.28. The number of likely N-dealkylation sites (N-methyl/N-ethyl adjacent to an activating group) is 1. The zero-order valence-corrected chi connectivity index (χ0v) is 11.2. The summed E-state index contributed by atoms with van der Waals surface area (Å²) >= 11 is 3.15. The summed E-state index contributed by atoms with van der Waals surface area (Å²) in [7, 11) is 0. The van der Waals surface area contributed by atoms with Crippen molar-refractivity contribution in [2.45, 2.75) is 19.1 Å². The zero-order valence-electron chi connectivity index (χ0n) is 9.63. The van der Waals surface area contributed by atoms with E-state index in [1.165, 1.54) is 4.90 Å². The molecule has 18 heavy (non-hydrogen) atoms. The van der Waals surface area contributed by atoms with Crippen LogP contribution in [0, 0.1) is 0 Å². The smallest absolute Gasteiger partial charge is 0.335 e. The molecule has 2 heterocycles. The number of amides is 1. The van der Waals surface area contributed by atoms with Crippen LogP contribution in [0.15, 0.2) is 21.2 Å². The van der Waals surface area contributed by atoms with Crippen LogP contribution in [0.2, 0.25) is 0 Å². The summed E-state index contributed by atoms with van der Waals surface area (Å²) in [4.78, 5) is 24.4. The van der Waals surface area contributed by atoms with Gasteiger partial charge in [-0.2, -0.15) is 0 Å². The fourth-order valence-corrected chi connectivity index (χ4v) is 2.34. The summed E-state index contributed by atoms with van der Waals surface area (Å²) in [6.45, 7) is 1.96. The Balaban J connectivity index is 2.39. The molecule has 0 aliphatic carbocycles. The minimum atomic E-state index is -1.11. The lowest BCUT2D eigenvalue weighted by Crippen LogP contribution is -2.51. The minimum absolute atomic E-state index is 0.219. The number of carboxylic acids is 1. The molecule has 1 N–H and O–H groups in total. The van der Waals surface area contributed by atoms with Crippen LogP contribution in [0.4, 0.5) is 0 Å². The quantitative estimate of drug-likeness (QED) is 0.911. The van der Waals surface area contributed by atoms with E-state index in [0.29, 0.717) is 17.0 Å². The van der Waals surface area contributed by atoms with Gasteiger partial charge in [0, 0.05) is 6.54 Å². The van der Waals surface area contributed by atoms with Gasteiger partial charge in [0.15, 0.2) is 10.8 Å². The maximum absolute atomic E-state index is 11.7. The first-order valence-electron chi connectivity index (χ1n) is 5.43. The molecule has 0 radical (unpaired) electrons. The molecule has 98 valence electrons. The van der Waals surface area contributed by atoms with E-state index in [-0.39, 0.29) is 12.5 Å². The molecule has 1 amide bonds. The van der Waals surface area contributed by atoms with E-state index in [4.69, 9.17) is 14.3 Å². The molecule has 1 fully saturated rings. The standard InChI is InChI=1S/C11H12BrNO5/c1-2-13-8(14)5-17-10(11(15)16)9(13)6-3-4-7(12)18-6/h3-4,9-10H,2,5H2,1H3,(H,15,16). The zero-order chi connectivity index (χ0) is 13.3. The normalized spacial score (nSPS) is 24.3. The summed E-state index contributed by atoms with van der Waals surface area (Å²) in [5.74, 6) is -0.963. The molecular weight excluding hydrogens is 306 g/mol. The van der Waals surface area contributed by atoms with Gasteiger partial charge in [-0.3, -0.25) is 4.79 Å². The van der Waals surface area contributed by atoms with Crippen molar-refractivity contribution in [3.8, 4) is 0 Å². The van der Waals surface area contributed by atoms with Crippen LogP contribution >= 0.6 is 15.9 Å². The molecule has 6 nitrogen and oxygen atoms in total. The van der Waals surface area contributed by atoms with E-state index in [9.17, 15) is 9.59 Å². The molecule has 0 spiro atoms. The Labute approximate surface area is 112 Å². The van der Waals surface area contributed by atoms with Gasteiger partial charge >= 0.3 is 5.97 Å². The van der Waals surface area contributed by atoms with Crippen LogP contribution in [0.25, 0.3) is 0 Å². The van der Waals surface area contributed by atoms with Crippen molar-refractivity contribution in [3.05, 3.63) is 22.6 Å². The molecule has 1 aliphatic heterocycles. The number of halogens is 1. The van der Waals surface area contributed by atoms with E-state index in [0.717, 1.165) is 0 Å². The van der Waals surface area contributed by atoms with E-state index in [2.05, 4.69) is 15.9 Å². The van der Waals surface area contributed by atoms with Gasteiger partial charge in [-0.25, -0.2) is 4.79 Å². The third-order valence-electron chi connectivity index (χ3n) is 2.80. The molecule has 0 aromatic carbocycles. The average molecular weight is 318 g/mol. The Hall–Kier alpha value is -1.34. The van der Waals surface area contributed by atoms with Crippen molar-refractivity contribution in [2.24, 2.45) is 0 Å². The number of furan rings is 1. The summed E-state index contributed by atoms with van der Waals surface area (Å²) < 4.78 is 10.9. The molecule has 7 heteroatoms. The van der Waals surface area contributed by atoms with E-state index < -0.39 is 18.1 Å². The molecule has 1 saturated heterocycles. The van der Waals surface area contributed by atoms with Crippen molar-refractivity contribution in [1.82, 2.24) is 4.90 Å². The first-order valence-corrected chi connectivity index (χ1v) is 6.23. The molecule has 0 saturated carbocycles. The molecule has 2 atom stereocenters. The van der Waals surface area contributed by atoms with Gasteiger partial charge < -0.3 is 19.2 Å². The molecule has 2 rings (SSSR count). The molecule has 0 bridgehead atoms. The number of nitrogens with zero attached hydrogens (tertiary/aromatic N) is 1. The summed E-state index contributed by atoms with van der Waals surface area (Å²) in [6.07, 6.45) is -1.11. The Kier molecular flexibility index (Phi) is 3.72. The molecular formula is C11H12BrNO5. The lowest BCUT2D eigenvalue weighted by Gasteiger charge is -2.37. The Bertz CT molecular complexity index is 470.